The van der Waals surface area contributed by atoms with E-state index >= 15 is 0 Å². The third kappa shape index (κ3) is 3.39. The van der Waals surface area contributed by atoms with Crippen molar-refractivity contribution >= 4 is 11.8 Å². The minimum Gasteiger partial charge on any atom is -0.497 e. The highest BCUT2D eigenvalue weighted by Gasteiger charge is 2.15. The van der Waals surface area contributed by atoms with E-state index in [-0.39, 0.29) is 5.70 Å². The fourth-order valence-electron chi connectivity index (χ4n) is 1.95. The highest BCUT2D eigenvalue weighted by molar-refractivity contribution is 5.79. The Hall–Kier alpha value is -2.82. The summed E-state index contributed by atoms with van der Waals surface area (Å²) in [6.45, 7) is 0. The zero-order valence-electron chi connectivity index (χ0n) is 11.8. The molecule has 0 aliphatic carbocycles. The van der Waals surface area contributed by atoms with E-state index in [2.05, 4.69) is 0 Å². The van der Waals surface area contributed by atoms with Gasteiger partial charge in [0.2, 0.25) is 0 Å². The molecule has 108 valence electrons. The highest BCUT2D eigenvalue weighted by Crippen LogP contribution is 2.28. The lowest BCUT2D eigenvalue weighted by atomic mass is 10.1. The van der Waals surface area contributed by atoms with Crippen molar-refractivity contribution in [2.24, 2.45) is 0 Å². The minimum absolute atomic E-state index is 0.00199. The lowest BCUT2D eigenvalue weighted by Crippen LogP contribution is -1.98. The van der Waals surface area contributed by atoms with Gasteiger partial charge in [0.25, 0.3) is 5.70 Å². The predicted octanol–water partition coefficient (Wildman–Crippen LogP) is 3.48. The third-order valence-electron chi connectivity index (χ3n) is 3.00. The number of nitro groups is 1. The number of hydrogen-bond donors (Lipinski definition) is 0. The lowest BCUT2D eigenvalue weighted by Gasteiger charge is -2.07. The van der Waals surface area contributed by atoms with Gasteiger partial charge in [0.15, 0.2) is 0 Å². The lowest BCUT2D eigenvalue weighted by molar-refractivity contribution is -0.374. The maximum absolute atomic E-state index is 11.3. The Bertz CT molecular complexity index is 665. The van der Waals surface area contributed by atoms with Gasteiger partial charge in [-0.05, 0) is 30.3 Å². The first-order valence-corrected chi connectivity index (χ1v) is 6.29. The largest absolute Gasteiger partial charge is 0.497 e. The van der Waals surface area contributed by atoms with E-state index in [0.717, 1.165) is 0 Å². The number of nitrogens with zero attached hydrogens (tertiary/aromatic N) is 1. The Kier molecular flexibility index (Phi) is 4.56. The fourth-order valence-corrected chi connectivity index (χ4v) is 1.95. The van der Waals surface area contributed by atoms with Crippen molar-refractivity contribution in [2.75, 3.05) is 14.2 Å². The Morgan fingerprint density at radius 3 is 2.38 bits per heavy atom. The summed E-state index contributed by atoms with van der Waals surface area (Å²) in [4.78, 5) is 10.9. The fraction of sp³-hybridized carbons (Fsp3) is 0.125. The van der Waals surface area contributed by atoms with Crippen molar-refractivity contribution in [3.8, 4) is 11.5 Å². The van der Waals surface area contributed by atoms with Crippen LogP contribution in [0.4, 0.5) is 0 Å². The molecule has 0 heterocycles. The summed E-state index contributed by atoms with van der Waals surface area (Å²) >= 11 is 0. The maximum Gasteiger partial charge on any atom is 0.277 e. The van der Waals surface area contributed by atoms with Gasteiger partial charge < -0.3 is 9.47 Å². The second-order valence-corrected chi connectivity index (χ2v) is 4.26. The van der Waals surface area contributed by atoms with Gasteiger partial charge in [-0.15, -0.1) is 0 Å². The average Bonchev–Trinajstić information content (AvgIpc) is 2.52. The average molecular weight is 285 g/mol. The van der Waals surface area contributed by atoms with Gasteiger partial charge in [0.05, 0.1) is 24.7 Å². The first-order valence-electron chi connectivity index (χ1n) is 6.29. The van der Waals surface area contributed by atoms with Gasteiger partial charge in [-0.1, -0.05) is 18.2 Å². The van der Waals surface area contributed by atoms with Crippen LogP contribution in [0, 0.1) is 10.1 Å². The minimum atomic E-state index is -0.408. The molecule has 0 unspecified atom stereocenters. The predicted molar refractivity (Wildman–Crippen MR) is 80.9 cm³/mol. The summed E-state index contributed by atoms with van der Waals surface area (Å²) in [5, 5.41) is 11.3. The molecule has 0 atom stereocenters. The zero-order valence-corrected chi connectivity index (χ0v) is 11.8. The summed E-state index contributed by atoms with van der Waals surface area (Å²) in [5.74, 6) is 1.16. The molecule has 0 amide bonds. The molecule has 0 N–H and O–H groups in total. The van der Waals surface area contributed by atoms with Crippen LogP contribution in [-0.2, 0) is 0 Å². The molecule has 2 aromatic carbocycles. The van der Waals surface area contributed by atoms with Gasteiger partial charge in [-0.3, -0.25) is 10.1 Å². The van der Waals surface area contributed by atoms with Crippen LogP contribution < -0.4 is 9.47 Å². The smallest absolute Gasteiger partial charge is 0.277 e. The topological polar surface area (TPSA) is 61.6 Å². The molecule has 0 aliphatic heterocycles. The standard InChI is InChI=1S/C16H15NO4/c1-20-14-8-9-16(21-2)13(10-14)11-15(17(18)19)12-6-4-3-5-7-12/h3-11H,1-2H3. The molecular formula is C16H15NO4. The van der Waals surface area contributed by atoms with Crippen LogP contribution in [0.25, 0.3) is 11.8 Å². The molecule has 21 heavy (non-hydrogen) atoms. The second-order valence-electron chi connectivity index (χ2n) is 4.26. The first kappa shape index (κ1) is 14.6. The Balaban J connectivity index is 2.55. The van der Waals surface area contributed by atoms with Crippen molar-refractivity contribution in [2.45, 2.75) is 0 Å². The monoisotopic (exact) mass is 285 g/mol. The first-order chi connectivity index (χ1) is 10.2. The number of methoxy groups -OCH3 is 2. The number of hydrogen-bond acceptors (Lipinski definition) is 4. The molecule has 0 aliphatic rings. The van der Waals surface area contributed by atoms with E-state index in [1.165, 1.54) is 13.2 Å². The van der Waals surface area contributed by atoms with Crippen LogP contribution in [0.15, 0.2) is 48.5 Å². The quantitative estimate of drug-likeness (QED) is 0.479. The summed E-state index contributed by atoms with van der Waals surface area (Å²) in [6.07, 6.45) is 1.48. The van der Waals surface area contributed by atoms with Crippen molar-refractivity contribution in [3.63, 3.8) is 0 Å². The van der Waals surface area contributed by atoms with Gasteiger partial charge in [-0.25, -0.2) is 0 Å². The number of rotatable bonds is 5. The number of ether oxygens (including phenoxy) is 2. The van der Waals surface area contributed by atoms with Crippen LogP contribution in [-0.4, -0.2) is 19.1 Å². The zero-order chi connectivity index (χ0) is 15.2. The van der Waals surface area contributed by atoms with Crippen LogP contribution in [0.5, 0.6) is 11.5 Å². The summed E-state index contributed by atoms with van der Waals surface area (Å²) in [6, 6.07) is 13.9. The second kappa shape index (κ2) is 6.56. The van der Waals surface area contributed by atoms with E-state index in [9.17, 15) is 10.1 Å². The summed E-state index contributed by atoms with van der Waals surface area (Å²) in [7, 11) is 3.06. The molecule has 0 saturated carbocycles. The van der Waals surface area contributed by atoms with Crippen LogP contribution >= 0.6 is 0 Å². The molecule has 2 rings (SSSR count). The van der Waals surface area contributed by atoms with Crippen molar-refractivity contribution in [1.82, 2.24) is 0 Å². The van der Waals surface area contributed by atoms with Gasteiger partial charge in [-0.2, -0.15) is 0 Å². The summed E-state index contributed by atoms with van der Waals surface area (Å²) in [5.41, 5.74) is 1.13. The molecule has 0 saturated heterocycles. The number of benzene rings is 2. The van der Waals surface area contributed by atoms with Crippen molar-refractivity contribution in [1.29, 1.82) is 0 Å². The van der Waals surface area contributed by atoms with Gasteiger partial charge >= 0.3 is 0 Å². The Morgan fingerprint density at radius 1 is 1.10 bits per heavy atom. The normalized spacial score (nSPS) is 11.0. The third-order valence-corrected chi connectivity index (χ3v) is 3.00. The highest BCUT2D eigenvalue weighted by atomic mass is 16.6. The molecule has 2 aromatic rings. The molecule has 0 fully saturated rings. The van der Waals surface area contributed by atoms with Crippen molar-refractivity contribution in [3.05, 3.63) is 69.8 Å². The Morgan fingerprint density at radius 2 is 1.81 bits per heavy atom. The van der Waals surface area contributed by atoms with E-state index in [4.69, 9.17) is 9.47 Å². The Labute approximate surface area is 122 Å². The summed E-state index contributed by atoms with van der Waals surface area (Å²) < 4.78 is 10.4. The molecule has 5 heteroatoms. The van der Waals surface area contributed by atoms with Crippen LogP contribution in [0.1, 0.15) is 11.1 Å². The SMILES string of the molecule is COc1ccc(OC)c(C=C(c2ccccc2)[N+](=O)[O-])c1. The molecule has 0 spiro atoms. The molecular weight excluding hydrogens is 270 g/mol. The van der Waals surface area contributed by atoms with Crippen molar-refractivity contribution < 1.29 is 14.4 Å². The van der Waals surface area contributed by atoms with Gasteiger partial charge in [0, 0.05) is 11.6 Å². The molecule has 0 aromatic heterocycles. The van der Waals surface area contributed by atoms with Crippen LogP contribution in [0.2, 0.25) is 0 Å². The van der Waals surface area contributed by atoms with E-state index in [1.807, 2.05) is 6.07 Å². The van der Waals surface area contributed by atoms with E-state index < -0.39 is 4.92 Å². The molecule has 0 bridgehead atoms. The molecule has 0 radical (unpaired) electrons. The van der Waals surface area contributed by atoms with E-state index in [0.29, 0.717) is 22.6 Å². The van der Waals surface area contributed by atoms with E-state index in [1.54, 1.807) is 49.6 Å². The van der Waals surface area contributed by atoms with Gasteiger partial charge in [0.1, 0.15) is 11.5 Å². The molecule has 5 nitrogen and oxygen atoms in total. The van der Waals surface area contributed by atoms with Crippen LogP contribution in [0.3, 0.4) is 0 Å². The maximum atomic E-state index is 11.3.